The SMILES string of the molecule is CCc1ccccc1NN=c1c(=O)ccc(=NNc2ccc(S(=O)(=O)[O-])cc2)c1=O.[Na+]. The number of rotatable bonds is 6. The largest absolute Gasteiger partial charge is 1.00 e. The third-order valence-corrected chi connectivity index (χ3v) is 5.06. The van der Waals surface area contributed by atoms with Gasteiger partial charge in [0.05, 0.1) is 16.3 Å². The van der Waals surface area contributed by atoms with Crippen molar-refractivity contribution in [3.63, 3.8) is 0 Å². The molecule has 0 radical (unpaired) electrons. The minimum Gasteiger partial charge on any atom is -0.744 e. The molecule has 0 bridgehead atoms. The van der Waals surface area contributed by atoms with E-state index in [9.17, 15) is 22.6 Å². The van der Waals surface area contributed by atoms with E-state index >= 15 is 0 Å². The van der Waals surface area contributed by atoms with Crippen LogP contribution < -0.4 is 62.0 Å². The molecule has 11 heteroatoms. The Morgan fingerprint density at radius 2 is 1.58 bits per heavy atom. The van der Waals surface area contributed by atoms with Gasteiger partial charge in [-0.1, -0.05) is 25.1 Å². The molecule has 0 spiro atoms. The van der Waals surface area contributed by atoms with Crippen LogP contribution in [0.15, 0.2) is 85.4 Å². The maximum absolute atomic E-state index is 12.6. The molecule has 0 aromatic heterocycles. The van der Waals surface area contributed by atoms with Gasteiger partial charge in [-0.05, 0) is 54.4 Å². The Kier molecular flexibility index (Phi) is 8.43. The van der Waals surface area contributed by atoms with Crippen LogP contribution in [-0.4, -0.2) is 13.0 Å². The fraction of sp³-hybridized carbons (Fsp3) is 0.100. The topological polar surface area (TPSA) is 140 Å². The second-order valence-electron chi connectivity index (χ2n) is 6.20. The van der Waals surface area contributed by atoms with E-state index in [2.05, 4.69) is 21.1 Å². The Morgan fingerprint density at radius 3 is 2.23 bits per heavy atom. The van der Waals surface area contributed by atoms with E-state index < -0.39 is 21.0 Å². The molecule has 3 rings (SSSR count). The van der Waals surface area contributed by atoms with E-state index in [1.165, 1.54) is 24.3 Å². The third kappa shape index (κ3) is 6.18. The van der Waals surface area contributed by atoms with Crippen molar-refractivity contribution in [1.82, 2.24) is 0 Å². The van der Waals surface area contributed by atoms with Crippen molar-refractivity contribution >= 4 is 21.5 Å². The maximum Gasteiger partial charge on any atom is 1.00 e. The molecule has 0 saturated heterocycles. The van der Waals surface area contributed by atoms with Crippen LogP contribution in [-0.2, 0) is 16.5 Å². The number of hydrogen-bond donors (Lipinski definition) is 2. The number of nitrogens with one attached hydrogen (secondary N) is 2. The maximum atomic E-state index is 12.6. The second-order valence-corrected chi connectivity index (χ2v) is 7.58. The second kappa shape index (κ2) is 10.6. The monoisotopic (exact) mass is 448 g/mol. The van der Waals surface area contributed by atoms with Crippen LogP contribution in [0.25, 0.3) is 0 Å². The average molecular weight is 448 g/mol. The molecule has 0 heterocycles. The Hall–Kier alpha value is -2.63. The summed E-state index contributed by atoms with van der Waals surface area (Å²) in [5.74, 6) is 0. The Labute approximate surface area is 199 Å². The summed E-state index contributed by atoms with van der Waals surface area (Å²) in [6, 6.07) is 14.7. The minimum absolute atomic E-state index is 0. The number of hydrogen-bond acceptors (Lipinski definition) is 9. The molecule has 0 amide bonds. The molecule has 0 aliphatic heterocycles. The van der Waals surface area contributed by atoms with Crippen molar-refractivity contribution in [2.75, 3.05) is 10.9 Å². The van der Waals surface area contributed by atoms with Gasteiger partial charge in [0.25, 0.3) is 0 Å². The summed E-state index contributed by atoms with van der Waals surface area (Å²) in [6.07, 6.45) is 0.749. The first-order chi connectivity index (χ1) is 14.3. The van der Waals surface area contributed by atoms with E-state index in [0.717, 1.165) is 24.1 Å². The molecule has 0 saturated carbocycles. The van der Waals surface area contributed by atoms with Gasteiger partial charge in [-0.15, -0.1) is 0 Å². The van der Waals surface area contributed by atoms with Crippen LogP contribution in [0.2, 0.25) is 0 Å². The van der Waals surface area contributed by atoms with Gasteiger partial charge in [-0.2, -0.15) is 10.2 Å². The Balaban J connectivity index is 0.00000341. The Bertz CT molecular complexity index is 1400. The van der Waals surface area contributed by atoms with Crippen LogP contribution in [0.4, 0.5) is 11.4 Å². The fourth-order valence-electron chi connectivity index (χ4n) is 2.61. The predicted octanol–water partition coefficient (Wildman–Crippen LogP) is -2.39. The quantitative estimate of drug-likeness (QED) is 0.244. The van der Waals surface area contributed by atoms with Crippen LogP contribution in [0.1, 0.15) is 12.5 Å². The van der Waals surface area contributed by atoms with E-state index in [1.807, 2.05) is 25.1 Å². The predicted molar refractivity (Wildman–Crippen MR) is 110 cm³/mol. The van der Waals surface area contributed by atoms with E-state index in [-0.39, 0.29) is 45.2 Å². The van der Waals surface area contributed by atoms with Gasteiger partial charge in [0.2, 0.25) is 10.9 Å². The van der Waals surface area contributed by atoms with Gasteiger partial charge in [-0.3, -0.25) is 20.4 Å². The minimum atomic E-state index is -4.55. The van der Waals surface area contributed by atoms with Crippen molar-refractivity contribution in [2.24, 2.45) is 10.2 Å². The van der Waals surface area contributed by atoms with Gasteiger partial charge in [0, 0.05) is 0 Å². The number of aryl methyl sites for hydroxylation is 1. The molecular weight excluding hydrogens is 431 g/mol. The number of benzene rings is 3. The van der Waals surface area contributed by atoms with Crippen molar-refractivity contribution in [3.05, 3.63) is 97.4 Å². The van der Waals surface area contributed by atoms with Crippen molar-refractivity contribution < 1.29 is 42.5 Å². The van der Waals surface area contributed by atoms with Crippen LogP contribution in [0.5, 0.6) is 0 Å². The zero-order valence-corrected chi connectivity index (χ0v) is 19.6. The summed E-state index contributed by atoms with van der Waals surface area (Å²) < 4.78 is 32.9. The summed E-state index contributed by atoms with van der Waals surface area (Å²) in [5, 5.41) is 7.55. The van der Waals surface area contributed by atoms with Crippen molar-refractivity contribution in [3.8, 4) is 0 Å². The molecule has 3 aromatic rings. The van der Waals surface area contributed by atoms with Crippen LogP contribution in [0.3, 0.4) is 0 Å². The number of nitrogens with zero attached hydrogens (tertiary/aromatic N) is 2. The number of anilines is 2. The fourth-order valence-corrected chi connectivity index (χ4v) is 3.08. The summed E-state index contributed by atoms with van der Waals surface area (Å²) in [4.78, 5) is 24.3. The van der Waals surface area contributed by atoms with Gasteiger partial charge >= 0.3 is 29.6 Å². The molecule has 0 aliphatic rings. The molecule has 9 nitrogen and oxygen atoms in total. The molecule has 3 aromatic carbocycles. The van der Waals surface area contributed by atoms with Gasteiger partial charge in [0.1, 0.15) is 15.5 Å². The van der Waals surface area contributed by atoms with Crippen molar-refractivity contribution in [1.29, 1.82) is 0 Å². The number of para-hydroxylation sites is 1. The average Bonchev–Trinajstić information content (AvgIpc) is 2.73. The molecule has 0 aliphatic carbocycles. The van der Waals surface area contributed by atoms with E-state index in [1.54, 1.807) is 6.07 Å². The first kappa shape index (κ1) is 24.6. The molecule has 2 N–H and O–H groups in total. The molecule has 31 heavy (non-hydrogen) atoms. The summed E-state index contributed by atoms with van der Waals surface area (Å²) in [6.45, 7) is 1.97. The van der Waals surface area contributed by atoms with Crippen molar-refractivity contribution in [2.45, 2.75) is 18.2 Å². The zero-order chi connectivity index (χ0) is 21.7. The normalized spacial score (nSPS) is 12.3. The molecule has 0 fully saturated rings. The first-order valence-electron chi connectivity index (χ1n) is 8.88. The molecule has 154 valence electrons. The van der Waals surface area contributed by atoms with Crippen LogP contribution in [0, 0.1) is 0 Å². The van der Waals surface area contributed by atoms with Crippen LogP contribution >= 0.6 is 0 Å². The molecule has 0 atom stereocenters. The van der Waals surface area contributed by atoms with Gasteiger partial charge in [-0.25, -0.2) is 8.42 Å². The zero-order valence-electron chi connectivity index (χ0n) is 16.8. The smallest absolute Gasteiger partial charge is 0.744 e. The first-order valence-corrected chi connectivity index (χ1v) is 10.3. The Morgan fingerprint density at radius 1 is 0.903 bits per heavy atom. The van der Waals surface area contributed by atoms with Gasteiger partial charge < -0.3 is 4.55 Å². The van der Waals surface area contributed by atoms with E-state index in [0.29, 0.717) is 11.4 Å². The molecule has 0 unspecified atom stereocenters. The summed E-state index contributed by atoms with van der Waals surface area (Å²) >= 11 is 0. The third-order valence-electron chi connectivity index (χ3n) is 4.21. The van der Waals surface area contributed by atoms with Gasteiger partial charge in [0.15, 0.2) is 5.36 Å². The standard InChI is InChI=1S/C20H18N4O5S.Na/c1-2-13-5-3-4-6-16(13)22-24-19-18(25)12-11-17(20(19)26)23-21-14-7-9-15(10-8-14)30(27,28)29;/h3-12,21-22H,2H2,1H3,(H,27,28,29);/q;+1/p-1. The summed E-state index contributed by atoms with van der Waals surface area (Å²) in [7, 11) is -4.55. The molecular formula is C20H17N4NaO5S. The summed E-state index contributed by atoms with van der Waals surface area (Å²) in [5.41, 5.74) is 6.14. The van der Waals surface area contributed by atoms with E-state index in [4.69, 9.17) is 0 Å².